The van der Waals surface area contributed by atoms with E-state index in [1.807, 2.05) is 6.07 Å². The van der Waals surface area contributed by atoms with Crippen LogP contribution in [0.5, 0.6) is 11.5 Å². The van der Waals surface area contributed by atoms with Gasteiger partial charge in [-0.05, 0) is 74.3 Å². The van der Waals surface area contributed by atoms with Gasteiger partial charge in [0.05, 0.1) is 6.61 Å². The van der Waals surface area contributed by atoms with Crippen molar-refractivity contribution in [1.82, 2.24) is 0 Å². The number of benzene rings is 1. The van der Waals surface area contributed by atoms with Crippen molar-refractivity contribution in [3.8, 4) is 11.5 Å². The van der Waals surface area contributed by atoms with Crippen molar-refractivity contribution in [2.24, 2.45) is 28.9 Å². The van der Waals surface area contributed by atoms with Gasteiger partial charge in [-0.2, -0.15) is 0 Å². The Balaban J connectivity index is 0.00000157. The molecule has 4 fully saturated rings. The van der Waals surface area contributed by atoms with Crippen LogP contribution < -0.4 is 5.73 Å². The van der Waals surface area contributed by atoms with Gasteiger partial charge in [-0.15, -0.1) is 12.4 Å². The van der Waals surface area contributed by atoms with E-state index in [1.54, 1.807) is 6.07 Å². The first-order valence-electron chi connectivity index (χ1n) is 9.45. The molecule has 4 aliphatic carbocycles. The smallest absolute Gasteiger partial charge is 0.161 e. The molecule has 4 nitrogen and oxygen atoms in total. The summed E-state index contributed by atoms with van der Waals surface area (Å²) in [6.07, 6.45) is 8.41. The number of ether oxygens (including phenoxy) is 1. The van der Waals surface area contributed by atoms with E-state index >= 15 is 0 Å². The average Bonchev–Trinajstić information content (AvgIpc) is 2.56. The Morgan fingerprint density at radius 1 is 1.04 bits per heavy atom. The summed E-state index contributed by atoms with van der Waals surface area (Å²) >= 11 is 0. The van der Waals surface area contributed by atoms with Crippen molar-refractivity contribution in [2.45, 2.75) is 50.5 Å². The van der Waals surface area contributed by atoms with Gasteiger partial charge < -0.3 is 20.7 Å². The molecule has 1 heterocycles. The fourth-order valence-electron chi connectivity index (χ4n) is 7.09. The minimum atomic E-state index is -0.498. The Kier molecular flexibility index (Phi) is 4.02. The highest BCUT2D eigenvalue weighted by molar-refractivity contribution is 5.85. The van der Waals surface area contributed by atoms with Gasteiger partial charge in [-0.3, -0.25) is 0 Å². The van der Waals surface area contributed by atoms with Crippen LogP contribution in [0.1, 0.15) is 49.7 Å². The van der Waals surface area contributed by atoms with Crippen molar-refractivity contribution >= 4 is 12.4 Å². The number of hydrogen-bond acceptors (Lipinski definition) is 4. The Bertz CT molecular complexity index is 656. The summed E-state index contributed by atoms with van der Waals surface area (Å²) in [5.74, 6) is 2.45. The summed E-state index contributed by atoms with van der Waals surface area (Å²) in [4.78, 5) is 0. The molecule has 4 bridgehead atoms. The van der Waals surface area contributed by atoms with Crippen molar-refractivity contribution in [1.29, 1.82) is 0 Å². The predicted molar refractivity (Wildman–Crippen MR) is 98.0 cm³/mol. The number of halogens is 1. The van der Waals surface area contributed by atoms with E-state index in [9.17, 15) is 10.2 Å². The zero-order valence-corrected chi connectivity index (χ0v) is 15.4. The molecular formula is C20H28ClNO3. The van der Waals surface area contributed by atoms with Gasteiger partial charge in [0.2, 0.25) is 0 Å². The number of phenolic OH excluding ortho intramolecular Hbond substituents is 2. The highest BCUT2D eigenvalue weighted by Gasteiger charge is 2.62. The van der Waals surface area contributed by atoms with E-state index in [-0.39, 0.29) is 29.3 Å². The molecule has 1 aliphatic heterocycles. The summed E-state index contributed by atoms with van der Waals surface area (Å²) < 4.78 is 6.50. The molecule has 4 saturated carbocycles. The summed E-state index contributed by atoms with van der Waals surface area (Å²) in [6, 6.07) is 3.56. The molecule has 0 aromatic heterocycles. The third-order valence-electron chi connectivity index (χ3n) is 7.58. The number of aromatic hydroxyl groups is 2. The highest BCUT2D eigenvalue weighted by Crippen LogP contribution is 2.67. The molecule has 6 rings (SSSR count). The van der Waals surface area contributed by atoms with Crippen molar-refractivity contribution in [3.05, 3.63) is 23.3 Å². The lowest BCUT2D eigenvalue weighted by Crippen LogP contribution is -2.61. The number of hydrogen-bond donors (Lipinski definition) is 3. The van der Waals surface area contributed by atoms with Gasteiger partial charge >= 0.3 is 0 Å². The molecule has 25 heavy (non-hydrogen) atoms. The molecule has 4 N–H and O–H groups in total. The predicted octanol–water partition coefficient (Wildman–Crippen LogP) is 3.46. The van der Waals surface area contributed by atoms with Crippen LogP contribution in [0.25, 0.3) is 0 Å². The first-order valence-corrected chi connectivity index (χ1v) is 9.45. The molecule has 0 amide bonds. The van der Waals surface area contributed by atoms with Crippen LogP contribution in [0, 0.1) is 23.2 Å². The molecule has 0 radical (unpaired) electrons. The maximum Gasteiger partial charge on any atom is 0.161 e. The molecule has 5 aliphatic rings. The fraction of sp³-hybridized carbons (Fsp3) is 0.700. The Morgan fingerprint density at radius 3 is 2.20 bits per heavy atom. The van der Waals surface area contributed by atoms with Crippen LogP contribution in [-0.2, 0) is 16.8 Å². The number of rotatable bonds is 2. The Morgan fingerprint density at radius 2 is 1.64 bits per heavy atom. The van der Waals surface area contributed by atoms with E-state index in [0.29, 0.717) is 19.6 Å². The van der Waals surface area contributed by atoms with Crippen LogP contribution in [0.4, 0.5) is 0 Å². The van der Waals surface area contributed by atoms with Crippen LogP contribution in [0.2, 0.25) is 0 Å². The number of fused-ring (bicyclic) bond motifs is 1. The molecule has 1 unspecified atom stereocenters. The zero-order chi connectivity index (χ0) is 16.5. The molecule has 1 atom stereocenters. The zero-order valence-electron chi connectivity index (χ0n) is 14.5. The largest absolute Gasteiger partial charge is 0.504 e. The standard InChI is InChI=1S/C20H27NO3.ClH/c21-11-20(16-1-2-17(22)18(23)15(16)3-4-24-20)19-8-12-5-13(9-19)7-14(6-12)10-19;/h1-2,12-14,22-23H,3-11,21H2;1H. The molecule has 0 spiro atoms. The Labute approximate surface area is 155 Å². The molecule has 5 heteroatoms. The van der Waals surface area contributed by atoms with Crippen molar-refractivity contribution in [3.63, 3.8) is 0 Å². The molecule has 0 saturated heterocycles. The van der Waals surface area contributed by atoms with Crippen LogP contribution in [0.3, 0.4) is 0 Å². The number of phenols is 2. The molecule has 1 aromatic carbocycles. The maximum atomic E-state index is 10.4. The molecule has 138 valence electrons. The lowest BCUT2D eigenvalue weighted by atomic mass is 9.44. The average molecular weight is 366 g/mol. The third kappa shape index (κ3) is 2.20. The lowest BCUT2D eigenvalue weighted by Gasteiger charge is -2.64. The van der Waals surface area contributed by atoms with E-state index in [0.717, 1.165) is 28.9 Å². The monoisotopic (exact) mass is 365 g/mol. The second kappa shape index (κ2) is 5.77. The summed E-state index contributed by atoms with van der Waals surface area (Å²) in [6.45, 7) is 1.03. The maximum absolute atomic E-state index is 10.4. The summed E-state index contributed by atoms with van der Waals surface area (Å²) in [7, 11) is 0. The lowest BCUT2D eigenvalue weighted by molar-refractivity contribution is -0.211. The minimum absolute atomic E-state index is 0. The normalized spacial score (nSPS) is 41.2. The van der Waals surface area contributed by atoms with E-state index in [1.165, 1.54) is 38.5 Å². The van der Waals surface area contributed by atoms with Crippen LogP contribution in [-0.4, -0.2) is 23.4 Å². The van der Waals surface area contributed by atoms with E-state index in [4.69, 9.17) is 10.5 Å². The third-order valence-corrected chi connectivity index (χ3v) is 7.58. The van der Waals surface area contributed by atoms with Gasteiger partial charge in [-0.25, -0.2) is 0 Å². The molecular weight excluding hydrogens is 338 g/mol. The first kappa shape index (κ1) is 17.4. The summed E-state index contributed by atoms with van der Waals surface area (Å²) in [5, 5.41) is 20.3. The van der Waals surface area contributed by atoms with Gasteiger partial charge in [0.25, 0.3) is 0 Å². The Hall–Kier alpha value is -0.970. The van der Waals surface area contributed by atoms with Gasteiger partial charge in [0, 0.05) is 17.5 Å². The van der Waals surface area contributed by atoms with E-state index < -0.39 is 5.60 Å². The van der Waals surface area contributed by atoms with Gasteiger partial charge in [0.1, 0.15) is 5.60 Å². The number of nitrogens with two attached hydrogens (primary N) is 1. The van der Waals surface area contributed by atoms with Crippen LogP contribution in [0.15, 0.2) is 12.1 Å². The van der Waals surface area contributed by atoms with Crippen molar-refractivity contribution in [2.75, 3.05) is 13.2 Å². The molecule has 1 aromatic rings. The van der Waals surface area contributed by atoms with Gasteiger partial charge in [0.15, 0.2) is 11.5 Å². The SMILES string of the molecule is Cl.NCC1(C23CC4CC(CC(C4)C2)C3)OCCc2c1ccc(O)c2O. The second-order valence-corrected chi connectivity index (χ2v) is 8.79. The highest BCUT2D eigenvalue weighted by atomic mass is 35.5. The van der Waals surface area contributed by atoms with E-state index in [2.05, 4.69) is 0 Å². The first-order chi connectivity index (χ1) is 11.6. The second-order valence-electron chi connectivity index (χ2n) is 8.79. The van der Waals surface area contributed by atoms with Crippen molar-refractivity contribution < 1.29 is 14.9 Å². The van der Waals surface area contributed by atoms with Gasteiger partial charge in [-0.1, -0.05) is 6.07 Å². The fourth-order valence-corrected chi connectivity index (χ4v) is 7.09. The topological polar surface area (TPSA) is 75.7 Å². The minimum Gasteiger partial charge on any atom is -0.504 e. The summed E-state index contributed by atoms with van der Waals surface area (Å²) in [5.41, 5.74) is 7.89. The van der Waals surface area contributed by atoms with Crippen LogP contribution >= 0.6 is 12.4 Å². The quantitative estimate of drug-likeness (QED) is 0.701.